The Morgan fingerprint density at radius 1 is 1.28 bits per heavy atom. The summed E-state index contributed by atoms with van der Waals surface area (Å²) in [5, 5.41) is 3.94. The highest BCUT2D eigenvalue weighted by molar-refractivity contribution is 7.89. The van der Waals surface area contributed by atoms with Crippen LogP contribution in [0, 0.1) is 6.92 Å². The molecule has 13 heteroatoms. The number of rotatable bonds is 6. The van der Waals surface area contributed by atoms with Crippen LogP contribution in [0.1, 0.15) is 12.0 Å². The van der Waals surface area contributed by atoms with E-state index >= 15 is 0 Å². The number of halogens is 3. The van der Waals surface area contributed by atoms with Crippen LogP contribution in [0.4, 0.5) is 19.0 Å². The number of aryl methyl sites for hydroxylation is 1. The van der Waals surface area contributed by atoms with Gasteiger partial charge in [-0.3, -0.25) is 0 Å². The Morgan fingerprint density at radius 3 is 2.69 bits per heavy atom. The van der Waals surface area contributed by atoms with Crippen LogP contribution in [-0.2, 0) is 10.0 Å². The zero-order valence-corrected chi connectivity index (χ0v) is 15.9. The first-order valence-corrected chi connectivity index (χ1v) is 9.70. The molecule has 2 heterocycles. The van der Waals surface area contributed by atoms with Crippen molar-refractivity contribution in [3.8, 4) is 17.1 Å². The van der Waals surface area contributed by atoms with Crippen LogP contribution in [0.25, 0.3) is 17.1 Å². The Hall–Kier alpha value is -3.06. The lowest BCUT2D eigenvalue weighted by Gasteiger charge is -2.12. The maximum Gasteiger partial charge on any atom is 0.390 e. The second-order valence-corrected chi connectivity index (χ2v) is 7.81. The smallest absolute Gasteiger partial charge is 0.381 e. The van der Waals surface area contributed by atoms with Crippen LogP contribution in [0.3, 0.4) is 0 Å². The summed E-state index contributed by atoms with van der Waals surface area (Å²) in [4.78, 5) is 12.0. The molecule has 3 N–H and O–H groups in total. The molecule has 0 aliphatic rings. The summed E-state index contributed by atoms with van der Waals surface area (Å²) in [5.41, 5.74) is 7.25. The lowest BCUT2D eigenvalue weighted by atomic mass is 10.1. The molecule has 0 amide bonds. The minimum Gasteiger partial charge on any atom is -0.381 e. The van der Waals surface area contributed by atoms with Crippen molar-refractivity contribution in [1.29, 1.82) is 0 Å². The van der Waals surface area contributed by atoms with E-state index in [1.165, 1.54) is 41.7 Å². The molecular weight excluding hydrogens is 411 g/mol. The molecule has 0 atom stereocenters. The van der Waals surface area contributed by atoms with Gasteiger partial charge in [0.15, 0.2) is 11.6 Å². The predicted octanol–water partition coefficient (Wildman–Crippen LogP) is 1.85. The molecular formula is C16H16F3N7O2S. The van der Waals surface area contributed by atoms with E-state index in [2.05, 4.69) is 20.1 Å². The largest absolute Gasteiger partial charge is 0.390 e. The molecule has 3 aromatic rings. The molecule has 0 saturated heterocycles. The first-order valence-electron chi connectivity index (χ1n) is 8.22. The summed E-state index contributed by atoms with van der Waals surface area (Å²) in [6, 6.07) is 4.15. The van der Waals surface area contributed by atoms with Crippen molar-refractivity contribution >= 4 is 15.8 Å². The number of anilines is 1. The third-order valence-corrected chi connectivity index (χ3v) is 5.37. The van der Waals surface area contributed by atoms with Gasteiger partial charge in [0, 0.05) is 12.1 Å². The zero-order chi connectivity index (χ0) is 21.2. The number of nitrogen functional groups attached to an aromatic ring is 1. The van der Waals surface area contributed by atoms with Gasteiger partial charge in [-0.25, -0.2) is 28.1 Å². The van der Waals surface area contributed by atoms with Gasteiger partial charge in [-0.05, 0) is 24.6 Å². The molecule has 2 aromatic heterocycles. The molecule has 0 fully saturated rings. The van der Waals surface area contributed by atoms with Crippen LogP contribution in [0.2, 0.25) is 0 Å². The first-order chi connectivity index (χ1) is 13.6. The number of hydrogen-bond donors (Lipinski definition) is 2. The minimum atomic E-state index is -4.46. The Kier molecular flexibility index (Phi) is 5.53. The van der Waals surface area contributed by atoms with Crippen molar-refractivity contribution in [2.24, 2.45) is 0 Å². The van der Waals surface area contributed by atoms with Gasteiger partial charge in [0.25, 0.3) is 0 Å². The molecule has 3 rings (SSSR count). The molecule has 0 saturated carbocycles. The van der Waals surface area contributed by atoms with Gasteiger partial charge in [-0.2, -0.15) is 23.0 Å². The molecule has 1 aromatic carbocycles. The average Bonchev–Trinajstić information content (AvgIpc) is 3.15. The number of nitrogens with zero attached hydrogens (tertiary/aromatic N) is 5. The molecule has 0 aliphatic heterocycles. The van der Waals surface area contributed by atoms with Crippen molar-refractivity contribution in [2.45, 2.75) is 24.4 Å². The summed E-state index contributed by atoms with van der Waals surface area (Å²) in [5.74, 6) is 0.297. The van der Waals surface area contributed by atoms with Crippen molar-refractivity contribution in [2.75, 3.05) is 12.3 Å². The molecule has 0 radical (unpaired) electrons. The quantitative estimate of drug-likeness (QED) is 0.614. The van der Waals surface area contributed by atoms with Gasteiger partial charge < -0.3 is 5.73 Å². The predicted molar refractivity (Wildman–Crippen MR) is 97.4 cm³/mol. The maximum atomic E-state index is 12.4. The van der Waals surface area contributed by atoms with E-state index in [1.807, 2.05) is 4.72 Å². The van der Waals surface area contributed by atoms with E-state index in [-0.39, 0.29) is 16.5 Å². The fourth-order valence-electron chi connectivity index (χ4n) is 2.46. The monoisotopic (exact) mass is 427 g/mol. The van der Waals surface area contributed by atoms with Crippen molar-refractivity contribution in [3.05, 3.63) is 42.6 Å². The summed E-state index contributed by atoms with van der Waals surface area (Å²) < 4.78 is 64.8. The fourth-order valence-corrected chi connectivity index (χ4v) is 3.52. The number of aromatic nitrogens is 5. The lowest BCUT2D eigenvalue weighted by molar-refractivity contribution is -0.132. The van der Waals surface area contributed by atoms with Crippen molar-refractivity contribution in [1.82, 2.24) is 29.5 Å². The number of nitrogens with one attached hydrogen (secondary N) is 1. The number of hydrogen-bond acceptors (Lipinski definition) is 7. The summed E-state index contributed by atoms with van der Waals surface area (Å²) in [7, 11) is -4.14. The van der Waals surface area contributed by atoms with Crippen LogP contribution in [0.15, 0.2) is 41.9 Å². The maximum absolute atomic E-state index is 12.4. The number of benzene rings is 1. The molecule has 0 bridgehead atoms. The SMILES string of the molecule is Cc1ccc(S(=O)(=O)NCCC(F)(F)F)cc1-c1cnc(N)c(-n2cncn2)n1. The fraction of sp³-hybridized carbons (Fsp3) is 0.250. The third kappa shape index (κ3) is 4.86. The molecule has 0 spiro atoms. The second kappa shape index (κ2) is 7.75. The number of alkyl halides is 3. The second-order valence-electron chi connectivity index (χ2n) is 6.04. The van der Waals surface area contributed by atoms with E-state index in [9.17, 15) is 21.6 Å². The molecule has 154 valence electrons. The molecule has 0 unspecified atom stereocenters. The number of nitrogens with two attached hydrogens (primary N) is 1. The summed E-state index contributed by atoms with van der Waals surface area (Å²) in [6.07, 6.45) is -1.69. The normalized spacial score (nSPS) is 12.3. The van der Waals surface area contributed by atoms with Crippen LogP contribution >= 0.6 is 0 Å². The van der Waals surface area contributed by atoms with Crippen molar-refractivity contribution in [3.63, 3.8) is 0 Å². The lowest BCUT2D eigenvalue weighted by Crippen LogP contribution is -2.28. The highest BCUT2D eigenvalue weighted by Gasteiger charge is 2.27. The van der Waals surface area contributed by atoms with Crippen LogP contribution < -0.4 is 10.5 Å². The van der Waals surface area contributed by atoms with Gasteiger partial charge in [-0.15, -0.1) is 0 Å². The Balaban J connectivity index is 1.95. The minimum absolute atomic E-state index is 0.0921. The van der Waals surface area contributed by atoms with Gasteiger partial charge >= 0.3 is 6.18 Å². The van der Waals surface area contributed by atoms with Crippen molar-refractivity contribution < 1.29 is 21.6 Å². The Labute approximate surface area is 163 Å². The third-order valence-electron chi connectivity index (χ3n) is 3.91. The highest BCUT2D eigenvalue weighted by atomic mass is 32.2. The number of sulfonamides is 1. The molecule has 0 aliphatic carbocycles. The van der Waals surface area contributed by atoms with Gasteiger partial charge in [-0.1, -0.05) is 6.07 Å². The molecule has 29 heavy (non-hydrogen) atoms. The Morgan fingerprint density at radius 2 is 2.03 bits per heavy atom. The molecule has 9 nitrogen and oxygen atoms in total. The van der Waals surface area contributed by atoms with E-state index in [1.54, 1.807) is 6.92 Å². The standard InChI is InChI=1S/C16H16F3N7O2S/c1-10-2-3-11(29(27,28)24-5-4-16(17,18)19)6-12(10)13-7-22-14(20)15(25-13)26-9-21-8-23-26/h2-3,6-9,24H,4-5H2,1H3,(H2,20,22). The summed E-state index contributed by atoms with van der Waals surface area (Å²) in [6.45, 7) is 0.975. The summed E-state index contributed by atoms with van der Waals surface area (Å²) >= 11 is 0. The van der Waals surface area contributed by atoms with E-state index < -0.39 is 29.2 Å². The van der Waals surface area contributed by atoms with Gasteiger partial charge in [0.2, 0.25) is 10.0 Å². The first kappa shape index (κ1) is 20.7. The average molecular weight is 427 g/mol. The topological polar surface area (TPSA) is 129 Å². The highest BCUT2D eigenvalue weighted by Crippen LogP contribution is 2.26. The zero-order valence-electron chi connectivity index (χ0n) is 15.1. The van der Waals surface area contributed by atoms with E-state index in [0.29, 0.717) is 16.8 Å². The van der Waals surface area contributed by atoms with Crippen LogP contribution in [-0.4, -0.2) is 45.9 Å². The van der Waals surface area contributed by atoms with E-state index in [0.717, 1.165) is 0 Å². The van der Waals surface area contributed by atoms with Gasteiger partial charge in [0.05, 0.1) is 23.2 Å². The Bertz CT molecular complexity index is 1120. The van der Waals surface area contributed by atoms with Crippen LogP contribution in [0.5, 0.6) is 0 Å². The van der Waals surface area contributed by atoms with E-state index in [4.69, 9.17) is 5.73 Å². The van der Waals surface area contributed by atoms with Gasteiger partial charge in [0.1, 0.15) is 12.7 Å².